The molecule has 1 aliphatic heterocycles. The first kappa shape index (κ1) is 8.92. The van der Waals surface area contributed by atoms with Crippen LogP contribution in [0.5, 0.6) is 0 Å². The monoisotopic (exact) mass is 219 g/mol. The maximum Gasteiger partial charge on any atom is 0.147 e. The Morgan fingerprint density at radius 2 is 2.07 bits per heavy atom. The fraction of sp³-hybridized carbons (Fsp3) is 0.273. The van der Waals surface area contributed by atoms with Gasteiger partial charge in [0.2, 0.25) is 0 Å². The maximum absolute atomic E-state index is 5.88. The molecule has 0 saturated carbocycles. The van der Waals surface area contributed by atoms with Crippen LogP contribution >= 0.6 is 11.6 Å². The SMILES string of the molecule is Clc1ccc2nc(N3CCC3)cnc2c1. The second kappa shape index (κ2) is 3.35. The highest BCUT2D eigenvalue weighted by Gasteiger charge is 2.16. The van der Waals surface area contributed by atoms with Crippen LogP contribution in [0.15, 0.2) is 24.4 Å². The molecule has 1 aromatic carbocycles. The second-order valence-corrected chi connectivity index (χ2v) is 4.14. The van der Waals surface area contributed by atoms with Gasteiger partial charge >= 0.3 is 0 Å². The van der Waals surface area contributed by atoms with Crippen molar-refractivity contribution in [2.24, 2.45) is 0 Å². The minimum atomic E-state index is 0.702. The van der Waals surface area contributed by atoms with Gasteiger partial charge in [0.25, 0.3) is 0 Å². The molecule has 0 unspecified atom stereocenters. The van der Waals surface area contributed by atoms with Gasteiger partial charge in [-0.1, -0.05) is 11.6 Å². The lowest BCUT2D eigenvalue weighted by Gasteiger charge is -2.31. The molecule has 15 heavy (non-hydrogen) atoms. The van der Waals surface area contributed by atoms with Crippen LogP contribution in [0.3, 0.4) is 0 Å². The van der Waals surface area contributed by atoms with Gasteiger partial charge in [-0.25, -0.2) is 4.98 Å². The zero-order valence-corrected chi connectivity index (χ0v) is 8.91. The van der Waals surface area contributed by atoms with Crippen LogP contribution in [-0.2, 0) is 0 Å². The molecule has 4 heteroatoms. The number of benzene rings is 1. The zero-order valence-electron chi connectivity index (χ0n) is 8.15. The summed E-state index contributed by atoms with van der Waals surface area (Å²) in [5.41, 5.74) is 1.76. The maximum atomic E-state index is 5.88. The van der Waals surface area contributed by atoms with Crippen LogP contribution in [0.2, 0.25) is 5.02 Å². The van der Waals surface area contributed by atoms with Gasteiger partial charge in [0.15, 0.2) is 0 Å². The molecule has 0 radical (unpaired) electrons. The third-order valence-electron chi connectivity index (χ3n) is 2.67. The summed E-state index contributed by atoms with van der Waals surface area (Å²) in [7, 11) is 0. The fourth-order valence-corrected chi connectivity index (χ4v) is 1.84. The molecule has 1 aliphatic rings. The van der Waals surface area contributed by atoms with Crippen LogP contribution in [0.4, 0.5) is 5.82 Å². The lowest BCUT2D eigenvalue weighted by molar-refractivity contribution is 0.609. The second-order valence-electron chi connectivity index (χ2n) is 3.70. The van der Waals surface area contributed by atoms with Gasteiger partial charge < -0.3 is 4.90 Å². The average Bonchev–Trinajstić information content (AvgIpc) is 2.15. The minimum Gasteiger partial charge on any atom is -0.355 e. The third-order valence-corrected chi connectivity index (χ3v) is 2.91. The molecule has 3 nitrogen and oxygen atoms in total. The van der Waals surface area contributed by atoms with Crippen molar-refractivity contribution < 1.29 is 0 Å². The Morgan fingerprint density at radius 3 is 2.80 bits per heavy atom. The van der Waals surface area contributed by atoms with Crippen molar-refractivity contribution in [3.8, 4) is 0 Å². The Hall–Kier alpha value is -1.35. The van der Waals surface area contributed by atoms with E-state index in [1.807, 2.05) is 24.4 Å². The summed E-state index contributed by atoms with van der Waals surface area (Å²) in [5.74, 6) is 0.969. The number of fused-ring (bicyclic) bond motifs is 1. The topological polar surface area (TPSA) is 29.0 Å². The molecule has 0 amide bonds. The van der Waals surface area contributed by atoms with Gasteiger partial charge in [-0.05, 0) is 24.6 Å². The first-order valence-corrected chi connectivity index (χ1v) is 5.38. The number of hydrogen-bond donors (Lipinski definition) is 0. The molecule has 0 spiro atoms. The number of anilines is 1. The van der Waals surface area contributed by atoms with Gasteiger partial charge in [0.1, 0.15) is 5.82 Å². The van der Waals surface area contributed by atoms with Crippen LogP contribution in [-0.4, -0.2) is 23.1 Å². The van der Waals surface area contributed by atoms with E-state index in [0.717, 1.165) is 29.9 Å². The molecule has 0 bridgehead atoms. The Bertz CT molecular complexity index is 508. The van der Waals surface area contributed by atoms with Crippen molar-refractivity contribution in [2.45, 2.75) is 6.42 Å². The van der Waals surface area contributed by atoms with Crippen LogP contribution in [0, 0.1) is 0 Å². The lowest BCUT2D eigenvalue weighted by Crippen LogP contribution is -2.37. The summed E-state index contributed by atoms with van der Waals surface area (Å²) in [6, 6.07) is 5.59. The molecule has 2 aromatic rings. The molecule has 76 valence electrons. The van der Waals surface area contributed by atoms with E-state index >= 15 is 0 Å². The van der Waals surface area contributed by atoms with Crippen LogP contribution in [0.25, 0.3) is 11.0 Å². The standard InChI is InChI=1S/C11H10ClN3/c12-8-2-3-9-10(6-8)13-7-11(14-9)15-4-1-5-15/h2-3,6-7H,1,4-5H2. The Balaban J connectivity index is 2.09. The number of aromatic nitrogens is 2. The van der Waals surface area contributed by atoms with Gasteiger partial charge in [-0.3, -0.25) is 4.98 Å². The number of rotatable bonds is 1. The molecular formula is C11H10ClN3. The lowest BCUT2D eigenvalue weighted by atomic mass is 10.2. The molecule has 1 aromatic heterocycles. The predicted octanol–water partition coefficient (Wildman–Crippen LogP) is 2.49. The van der Waals surface area contributed by atoms with Gasteiger partial charge in [0, 0.05) is 18.1 Å². The van der Waals surface area contributed by atoms with E-state index in [4.69, 9.17) is 11.6 Å². The van der Waals surface area contributed by atoms with Gasteiger partial charge in [0.05, 0.1) is 17.2 Å². The van der Waals surface area contributed by atoms with E-state index in [1.165, 1.54) is 6.42 Å². The van der Waals surface area contributed by atoms with Crippen molar-refractivity contribution in [3.05, 3.63) is 29.4 Å². The van der Waals surface area contributed by atoms with E-state index in [2.05, 4.69) is 14.9 Å². The van der Waals surface area contributed by atoms with E-state index in [1.54, 1.807) is 0 Å². The summed E-state index contributed by atoms with van der Waals surface area (Å²) in [5, 5.41) is 0.702. The zero-order chi connectivity index (χ0) is 10.3. The smallest absolute Gasteiger partial charge is 0.147 e. The Kier molecular flexibility index (Phi) is 1.99. The molecule has 1 fully saturated rings. The highest BCUT2D eigenvalue weighted by Crippen LogP contribution is 2.21. The molecule has 3 rings (SSSR count). The van der Waals surface area contributed by atoms with Crippen LogP contribution in [0.1, 0.15) is 6.42 Å². The Labute approximate surface area is 92.7 Å². The quantitative estimate of drug-likeness (QED) is 0.738. The van der Waals surface area contributed by atoms with E-state index in [-0.39, 0.29) is 0 Å². The average molecular weight is 220 g/mol. The predicted molar refractivity (Wildman–Crippen MR) is 61.4 cm³/mol. The van der Waals surface area contributed by atoms with Crippen molar-refractivity contribution >= 4 is 28.5 Å². The minimum absolute atomic E-state index is 0.702. The van der Waals surface area contributed by atoms with Crippen molar-refractivity contribution in [3.63, 3.8) is 0 Å². The highest BCUT2D eigenvalue weighted by molar-refractivity contribution is 6.31. The third kappa shape index (κ3) is 1.53. The molecule has 1 saturated heterocycles. The Morgan fingerprint density at radius 1 is 1.20 bits per heavy atom. The van der Waals surface area contributed by atoms with Crippen molar-refractivity contribution in [1.82, 2.24) is 9.97 Å². The summed E-state index contributed by atoms with van der Waals surface area (Å²) < 4.78 is 0. The van der Waals surface area contributed by atoms with Crippen molar-refractivity contribution in [2.75, 3.05) is 18.0 Å². The summed E-state index contributed by atoms with van der Waals surface area (Å²) in [6.45, 7) is 2.18. The fourth-order valence-electron chi connectivity index (χ4n) is 1.67. The van der Waals surface area contributed by atoms with E-state index in [9.17, 15) is 0 Å². The summed E-state index contributed by atoms with van der Waals surface area (Å²) in [6.07, 6.45) is 3.07. The van der Waals surface area contributed by atoms with Crippen LogP contribution < -0.4 is 4.90 Å². The van der Waals surface area contributed by atoms with E-state index < -0.39 is 0 Å². The normalized spacial score (nSPS) is 15.4. The molecular weight excluding hydrogens is 210 g/mol. The largest absolute Gasteiger partial charge is 0.355 e. The first-order valence-electron chi connectivity index (χ1n) is 5.00. The molecule has 0 N–H and O–H groups in total. The first-order chi connectivity index (χ1) is 7.33. The number of nitrogens with zero attached hydrogens (tertiary/aromatic N) is 3. The summed E-state index contributed by atoms with van der Waals surface area (Å²) in [4.78, 5) is 11.1. The molecule has 2 heterocycles. The number of hydrogen-bond acceptors (Lipinski definition) is 3. The van der Waals surface area contributed by atoms with Gasteiger partial charge in [-0.15, -0.1) is 0 Å². The van der Waals surface area contributed by atoms with E-state index in [0.29, 0.717) is 5.02 Å². The van der Waals surface area contributed by atoms with Crippen molar-refractivity contribution in [1.29, 1.82) is 0 Å². The highest BCUT2D eigenvalue weighted by atomic mass is 35.5. The summed E-state index contributed by atoms with van der Waals surface area (Å²) >= 11 is 5.88. The van der Waals surface area contributed by atoms with Gasteiger partial charge in [-0.2, -0.15) is 0 Å². The molecule has 0 atom stereocenters. The number of halogens is 1. The molecule has 0 aliphatic carbocycles.